The monoisotopic (exact) mass is 136 g/mol. The van der Waals surface area contributed by atoms with E-state index in [4.69, 9.17) is 0 Å². The van der Waals surface area contributed by atoms with Crippen LogP contribution in [-0.2, 0) is 0 Å². The first-order chi connectivity index (χ1) is 4.91. The van der Waals surface area contributed by atoms with E-state index in [1.807, 2.05) is 25.2 Å². The maximum atomic E-state index is 3.66. The molecule has 0 radical (unpaired) electrons. The normalized spacial score (nSPS) is 11.3. The van der Waals surface area contributed by atoms with Gasteiger partial charge in [-0.15, -0.1) is 6.58 Å². The summed E-state index contributed by atoms with van der Waals surface area (Å²) in [4.78, 5) is 0. The fourth-order valence-corrected chi connectivity index (χ4v) is 0.666. The summed E-state index contributed by atoms with van der Waals surface area (Å²) in [6.07, 6.45) is 13.8. The van der Waals surface area contributed by atoms with E-state index in [9.17, 15) is 0 Å². The molecule has 0 heteroatoms. The Bertz CT molecular complexity index is 118. The molecule has 0 heterocycles. The third-order valence-electron chi connectivity index (χ3n) is 1.22. The second-order valence-electron chi connectivity index (χ2n) is 2.17. The van der Waals surface area contributed by atoms with Gasteiger partial charge in [0.05, 0.1) is 0 Å². The van der Waals surface area contributed by atoms with Gasteiger partial charge >= 0.3 is 0 Å². The maximum Gasteiger partial charge on any atom is -0.0345 e. The summed E-state index contributed by atoms with van der Waals surface area (Å²) in [7, 11) is 0. The summed E-state index contributed by atoms with van der Waals surface area (Å²) in [6, 6.07) is 0. The van der Waals surface area contributed by atoms with Crippen molar-refractivity contribution in [3.63, 3.8) is 0 Å². The van der Waals surface area contributed by atoms with Crippen molar-refractivity contribution in [3.8, 4) is 0 Å². The van der Waals surface area contributed by atoms with Gasteiger partial charge < -0.3 is 0 Å². The van der Waals surface area contributed by atoms with Crippen LogP contribution in [0.1, 0.15) is 26.2 Å². The number of unbranched alkanes of at least 4 members (excludes halogenated alkanes) is 2. The van der Waals surface area contributed by atoms with E-state index < -0.39 is 0 Å². The zero-order valence-corrected chi connectivity index (χ0v) is 6.72. The Kier molecular flexibility index (Phi) is 7.58. The van der Waals surface area contributed by atoms with Crippen molar-refractivity contribution < 1.29 is 0 Å². The molecule has 0 amide bonds. The second kappa shape index (κ2) is 8.22. The molecule has 56 valence electrons. The van der Waals surface area contributed by atoms with Crippen LogP contribution in [0.3, 0.4) is 0 Å². The predicted molar refractivity (Wildman–Crippen MR) is 48.0 cm³/mol. The van der Waals surface area contributed by atoms with Gasteiger partial charge in [0.1, 0.15) is 0 Å². The second-order valence-corrected chi connectivity index (χ2v) is 2.17. The molecule has 0 aromatic rings. The number of hydrogen-bond donors (Lipinski definition) is 0. The Hall–Kier alpha value is -0.780. The molecule has 0 fully saturated rings. The highest BCUT2D eigenvalue weighted by atomic mass is 13.8. The standard InChI is InChI=1S/C10H16/c1-3-5-7-9-10-8-6-4-2/h3-4,6,8,10H,1,5,7,9H2,2H3/b6-4+,10-8+. The first-order valence-electron chi connectivity index (χ1n) is 3.80. The van der Waals surface area contributed by atoms with E-state index in [1.54, 1.807) is 0 Å². The summed E-state index contributed by atoms with van der Waals surface area (Å²) in [5.41, 5.74) is 0. The molecule has 0 bridgehead atoms. The molecule has 0 atom stereocenters. The molecule has 0 aliphatic carbocycles. The van der Waals surface area contributed by atoms with Gasteiger partial charge in [-0.1, -0.05) is 30.4 Å². The summed E-state index contributed by atoms with van der Waals surface area (Å²) < 4.78 is 0. The minimum absolute atomic E-state index is 1.13. The molecule has 0 spiro atoms. The minimum atomic E-state index is 1.13. The van der Waals surface area contributed by atoms with Crippen LogP contribution in [0.15, 0.2) is 37.0 Å². The van der Waals surface area contributed by atoms with Crippen molar-refractivity contribution in [2.75, 3.05) is 0 Å². The quantitative estimate of drug-likeness (QED) is 0.308. The Morgan fingerprint density at radius 3 is 2.60 bits per heavy atom. The fourth-order valence-electron chi connectivity index (χ4n) is 0.666. The molecular formula is C10H16. The highest BCUT2D eigenvalue weighted by Gasteiger charge is 1.76. The SMILES string of the molecule is C=CCCC/C=C/C=C/C. The predicted octanol–water partition coefficient (Wildman–Crippen LogP) is 3.48. The molecule has 0 aliphatic heterocycles. The lowest BCUT2D eigenvalue weighted by atomic mass is 10.2. The zero-order chi connectivity index (χ0) is 7.66. The van der Waals surface area contributed by atoms with Gasteiger partial charge in [-0.2, -0.15) is 0 Å². The third kappa shape index (κ3) is 7.22. The van der Waals surface area contributed by atoms with Gasteiger partial charge in [-0.3, -0.25) is 0 Å². The average molecular weight is 136 g/mol. The van der Waals surface area contributed by atoms with Crippen LogP contribution in [0.5, 0.6) is 0 Å². The van der Waals surface area contributed by atoms with Crippen LogP contribution >= 0.6 is 0 Å². The number of allylic oxidation sites excluding steroid dienone is 5. The van der Waals surface area contributed by atoms with E-state index in [0.717, 1.165) is 12.8 Å². The van der Waals surface area contributed by atoms with Gasteiger partial charge in [0.15, 0.2) is 0 Å². The average Bonchev–Trinajstić information content (AvgIpc) is 1.97. The molecule has 0 saturated carbocycles. The van der Waals surface area contributed by atoms with Crippen LogP contribution in [0.4, 0.5) is 0 Å². The summed E-state index contributed by atoms with van der Waals surface area (Å²) >= 11 is 0. The largest absolute Gasteiger partial charge is 0.103 e. The molecule has 0 aliphatic rings. The van der Waals surface area contributed by atoms with Crippen molar-refractivity contribution in [2.24, 2.45) is 0 Å². The van der Waals surface area contributed by atoms with Crippen LogP contribution in [0.25, 0.3) is 0 Å². The maximum absolute atomic E-state index is 3.66. The van der Waals surface area contributed by atoms with Gasteiger partial charge in [0, 0.05) is 0 Å². The molecule has 0 unspecified atom stereocenters. The summed E-state index contributed by atoms with van der Waals surface area (Å²) in [5, 5.41) is 0. The third-order valence-corrected chi connectivity index (χ3v) is 1.22. The molecule has 0 aromatic carbocycles. The van der Waals surface area contributed by atoms with Crippen LogP contribution in [0, 0.1) is 0 Å². The van der Waals surface area contributed by atoms with Crippen LogP contribution in [0.2, 0.25) is 0 Å². The first kappa shape index (κ1) is 9.22. The van der Waals surface area contributed by atoms with E-state index in [2.05, 4.69) is 18.7 Å². The Morgan fingerprint density at radius 1 is 1.20 bits per heavy atom. The van der Waals surface area contributed by atoms with E-state index >= 15 is 0 Å². The number of hydrogen-bond acceptors (Lipinski definition) is 0. The van der Waals surface area contributed by atoms with Crippen molar-refractivity contribution in [1.29, 1.82) is 0 Å². The highest BCUT2D eigenvalue weighted by Crippen LogP contribution is 1.96. The summed E-state index contributed by atoms with van der Waals surface area (Å²) in [5.74, 6) is 0. The minimum Gasteiger partial charge on any atom is -0.103 e. The smallest absolute Gasteiger partial charge is 0.0345 e. The van der Waals surface area contributed by atoms with Crippen LogP contribution < -0.4 is 0 Å². The van der Waals surface area contributed by atoms with Gasteiger partial charge in [-0.05, 0) is 26.2 Å². The fraction of sp³-hybridized carbons (Fsp3) is 0.400. The molecule has 0 aromatic heterocycles. The van der Waals surface area contributed by atoms with E-state index in [1.165, 1.54) is 6.42 Å². The topological polar surface area (TPSA) is 0 Å². The first-order valence-corrected chi connectivity index (χ1v) is 3.80. The van der Waals surface area contributed by atoms with Crippen molar-refractivity contribution in [2.45, 2.75) is 26.2 Å². The lowest BCUT2D eigenvalue weighted by molar-refractivity contribution is 0.870. The van der Waals surface area contributed by atoms with E-state index in [-0.39, 0.29) is 0 Å². The highest BCUT2D eigenvalue weighted by molar-refractivity contribution is 5.00. The van der Waals surface area contributed by atoms with Gasteiger partial charge in [0.2, 0.25) is 0 Å². The molecule has 10 heavy (non-hydrogen) atoms. The van der Waals surface area contributed by atoms with E-state index in [0.29, 0.717) is 0 Å². The summed E-state index contributed by atoms with van der Waals surface area (Å²) in [6.45, 7) is 5.68. The Balaban J connectivity index is 3.09. The van der Waals surface area contributed by atoms with Gasteiger partial charge in [0.25, 0.3) is 0 Å². The van der Waals surface area contributed by atoms with Crippen molar-refractivity contribution >= 4 is 0 Å². The van der Waals surface area contributed by atoms with Crippen LogP contribution in [-0.4, -0.2) is 0 Å². The van der Waals surface area contributed by atoms with Crippen molar-refractivity contribution in [1.82, 2.24) is 0 Å². The Morgan fingerprint density at radius 2 is 2.00 bits per heavy atom. The molecule has 0 rings (SSSR count). The lowest BCUT2D eigenvalue weighted by Gasteiger charge is -1.86. The Labute approximate surface area is 64.0 Å². The molecular weight excluding hydrogens is 120 g/mol. The van der Waals surface area contributed by atoms with Gasteiger partial charge in [-0.25, -0.2) is 0 Å². The zero-order valence-electron chi connectivity index (χ0n) is 6.72. The van der Waals surface area contributed by atoms with Crippen molar-refractivity contribution in [3.05, 3.63) is 37.0 Å². The molecule has 0 saturated heterocycles. The molecule has 0 nitrogen and oxygen atoms in total. The molecule has 0 N–H and O–H groups in total. The lowest BCUT2D eigenvalue weighted by Crippen LogP contribution is -1.66. The number of rotatable bonds is 5.